The molecular weight excluding hydrogens is 201 g/mol. The summed E-state index contributed by atoms with van der Waals surface area (Å²) >= 11 is 0. The quantitative estimate of drug-likeness (QED) is 0.719. The van der Waals surface area contributed by atoms with Crippen molar-refractivity contribution in [2.24, 2.45) is 11.3 Å². The predicted octanol–water partition coefficient (Wildman–Crippen LogP) is 3.24. The molecular formula is C14H22FN. The zero-order chi connectivity index (χ0) is 11.8. The van der Waals surface area contributed by atoms with Crippen molar-refractivity contribution in [1.82, 2.24) is 5.32 Å². The fourth-order valence-corrected chi connectivity index (χ4v) is 2.36. The molecule has 0 radical (unpaired) electrons. The minimum absolute atomic E-state index is 0.342. The molecule has 0 aromatic carbocycles. The highest BCUT2D eigenvalue weighted by Crippen LogP contribution is 2.33. The van der Waals surface area contributed by atoms with Crippen molar-refractivity contribution in [3.8, 4) is 0 Å². The molecule has 0 amide bonds. The van der Waals surface area contributed by atoms with Crippen molar-refractivity contribution >= 4 is 0 Å². The first-order chi connectivity index (χ1) is 7.49. The van der Waals surface area contributed by atoms with Gasteiger partial charge in [0.05, 0.1) is 0 Å². The lowest BCUT2D eigenvalue weighted by Gasteiger charge is -2.33. The Morgan fingerprint density at radius 1 is 1.38 bits per heavy atom. The van der Waals surface area contributed by atoms with E-state index in [0.29, 0.717) is 6.04 Å². The second-order valence-corrected chi connectivity index (χ2v) is 5.87. The molecule has 16 heavy (non-hydrogen) atoms. The van der Waals surface area contributed by atoms with Gasteiger partial charge in [0.25, 0.3) is 0 Å². The largest absolute Gasteiger partial charge is 0.310 e. The van der Waals surface area contributed by atoms with E-state index in [1.54, 1.807) is 6.08 Å². The summed E-state index contributed by atoms with van der Waals surface area (Å²) in [6.07, 6.45) is 7.42. The van der Waals surface area contributed by atoms with Crippen LogP contribution >= 0.6 is 0 Å². The summed E-state index contributed by atoms with van der Waals surface area (Å²) in [6.45, 7) is 7.20. The van der Waals surface area contributed by atoms with E-state index in [2.05, 4.69) is 18.3 Å². The Labute approximate surface area is 97.8 Å². The van der Waals surface area contributed by atoms with Crippen molar-refractivity contribution in [2.45, 2.75) is 45.8 Å². The molecule has 1 aliphatic heterocycles. The van der Waals surface area contributed by atoms with Crippen LogP contribution in [0.4, 0.5) is 4.39 Å². The standard InChI is InChI=1S/C14H22FN/c1-10-4-5-12(16-9-10)11-6-7-14(2,3)13(15)8-11/h6-8,10,12-13,16H,4-5,9H2,1-3H3. The molecule has 0 aromatic heterocycles. The van der Waals surface area contributed by atoms with E-state index in [-0.39, 0.29) is 5.41 Å². The lowest BCUT2D eigenvalue weighted by molar-refractivity contribution is 0.235. The number of allylic oxidation sites excluding steroid dienone is 2. The third-order valence-electron chi connectivity index (χ3n) is 3.82. The fourth-order valence-electron chi connectivity index (χ4n) is 2.36. The Morgan fingerprint density at radius 2 is 2.12 bits per heavy atom. The van der Waals surface area contributed by atoms with Gasteiger partial charge in [0.2, 0.25) is 0 Å². The minimum Gasteiger partial charge on any atom is -0.310 e. The van der Waals surface area contributed by atoms with Gasteiger partial charge in [0.15, 0.2) is 0 Å². The predicted molar refractivity (Wildman–Crippen MR) is 66.1 cm³/mol. The first kappa shape index (κ1) is 11.8. The van der Waals surface area contributed by atoms with Crippen molar-refractivity contribution in [3.05, 3.63) is 23.8 Å². The molecule has 0 spiro atoms. The van der Waals surface area contributed by atoms with E-state index in [1.165, 1.54) is 6.42 Å². The second kappa shape index (κ2) is 4.33. The van der Waals surface area contributed by atoms with Crippen LogP contribution in [0.25, 0.3) is 0 Å². The van der Waals surface area contributed by atoms with Crippen molar-refractivity contribution < 1.29 is 4.39 Å². The topological polar surface area (TPSA) is 12.0 Å². The van der Waals surface area contributed by atoms with Crippen LogP contribution in [0.3, 0.4) is 0 Å². The molecule has 1 aliphatic carbocycles. The van der Waals surface area contributed by atoms with Gasteiger partial charge < -0.3 is 5.32 Å². The van der Waals surface area contributed by atoms with Gasteiger partial charge in [-0.05, 0) is 37.0 Å². The highest BCUT2D eigenvalue weighted by atomic mass is 19.1. The van der Waals surface area contributed by atoms with Crippen molar-refractivity contribution in [3.63, 3.8) is 0 Å². The summed E-state index contributed by atoms with van der Waals surface area (Å²) in [4.78, 5) is 0. The van der Waals surface area contributed by atoms with E-state index in [9.17, 15) is 4.39 Å². The summed E-state index contributed by atoms with van der Waals surface area (Å²) in [5.74, 6) is 0.752. The average molecular weight is 223 g/mol. The molecule has 0 bridgehead atoms. The van der Waals surface area contributed by atoms with E-state index in [0.717, 1.165) is 24.5 Å². The Kier molecular flexibility index (Phi) is 3.20. The third kappa shape index (κ3) is 2.37. The third-order valence-corrected chi connectivity index (χ3v) is 3.82. The molecule has 1 saturated heterocycles. The Morgan fingerprint density at radius 3 is 2.69 bits per heavy atom. The van der Waals surface area contributed by atoms with Crippen molar-refractivity contribution in [1.29, 1.82) is 0 Å². The number of rotatable bonds is 1. The molecule has 2 aliphatic rings. The molecule has 3 atom stereocenters. The first-order valence-corrected chi connectivity index (χ1v) is 6.27. The Bertz CT molecular complexity index is 309. The normalized spacial score (nSPS) is 38.2. The number of nitrogens with one attached hydrogen (secondary N) is 1. The Balaban J connectivity index is 2.04. The maximum Gasteiger partial charge on any atom is 0.127 e. The number of hydrogen-bond acceptors (Lipinski definition) is 1. The number of hydrogen-bond donors (Lipinski definition) is 1. The second-order valence-electron chi connectivity index (χ2n) is 5.87. The van der Waals surface area contributed by atoms with Crippen LogP contribution in [0.5, 0.6) is 0 Å². The van der Waals surface area contributed by atoms with Crippen LogP contribution in [-0.4, -0.2) is 18.8 Å². The molecule has 1 heterocycles. The molecule has 2 heteroatoms. The average Bonchev–Trinajstić information content (AvgIpc) is 2.24. The van der Waals surface area contributed by atoms with Gasteiger partial charge in [0.1, 0.15) is 6.17 Å². The van der Waals surface area contributed by atoms with Gasteiger partial charge in [0, 0.05) is 11.5 Å². The van der Waals surface area contributed by atoms with Gasteiger partial charge in [-0.25, -0.2) is 4.39 Å². The zero-order valence-electron chi connectivity index (χ0n) is 10.5. The van der Waals surface area contributed by atoms with E-state index < -0.39 is 6.17 Å². The molecule has 1 fully saturated rings. The van der Waals surface area contributed by atoms with Gasteiger partial charge >= 0.3 is 0 Å². The smallest absolute Gasteiger partial charge is 0.127 e. The summed E-state index contributed by atoms with van der Waals surface area (Å²) in [5, 5.41) is 3.50. The molecule has 0 aromatic rings. The van der Waals surface area contributed by atoms with Gasteiger partial charge in [-0.3, -0.25) is 0 Å². The Hall–Kier alpha value is -0.630. The maximum absolute atomic E-state index is 13.9. The van der Waals surface area contributed by atoms with Crippen LogP contribution in [0.15, 0.2) is 23.8 Å². The number of alkyl halides is 1. The number of halogens is 1. The molecule has 0 saturated carbocycles. The van der Waals surface area contributed by atoms with Crippen LogP contribution < -0.4 is 5.32 Å². The van der Waals surface area contributed by atoms with Crippen LogP contribution in [0.2, 0.25) is 0 Å². The lowest BCUT2D eigenvalue weighted by Crippen LogP contribution is -2.40. The number of piperidine rings is 1. The zero-order valence-corrected chi connectivity index (χ0v) is 10.5. The van der Waals surface area contributed by atoms with Gasteiger partial charge in [-0.2, -0.15) is 0 Å². The lowest BCUT2D eigenvalue weighted by atomic mass is 9.79. The van der Waals surface area contributed by atoms with Crippen molar-refractivity contribution in [2.75, 3.05) is 6.54 Å². The highest BCUT2D eigenvalue weighted by molar-refractivity contribution is 5.33. The van der Waals surface area contributed by atoms with E-state index >= 15 is 0 Å². The molecule has 1 nitrogen and oxygen atoms in total. The van der Waals surface area contributed by atoms with Crippen LogP contribution in [0, 0.1) is 11.3 Å². The van der Waals surface area contributed by atoms with Gasteiger partial charge in [-0.1, -0.05) is 32.9 Å². The summed E-state index contributed by atoms with van der Waals surface area (Å²) < 4.78 is 13.9. The fraction of sp³-hybridized carbons (Fsp3) is 0.714. The first-order valence-electron chi connectivity index (χ1n) is 6.27. The molecule has 3 unspecified atom stereocenters. The summed E-state index contributed by atoms with van der Waals surface area (Å²) in [6, 6.07) is 0.363. The van der Waals surface area contributed by atoms with Crippen LogP contribution in [-0.2, 0) is 0 Å². The molecule has 90 valence electrons. The highest BCUT2D eigenvalue weighted by Gasteiger charge is 2.30. The molecule has 1 N–H and O–H groups in total. The minimum atomic E-state index is -0.853. The maximum atomic E-state index is 13.9. The van der Waals surface area contributed by atoms with E-state index in [1.807, 2.05) is 19.9 Å². The summed E-state index contributed by atoms with van der Waals surface area (Å²) in [7, 11) is 0. The SMILES string of the molecule is CC1CCC(C2=CC(F)C(C)(C)C=C2)NC1. The van der Waals surface area contributed by atoms with E-state index in [4.69, 9.17) is 0 Å². The van der Waals surface area contributed by atoms with Gasteiger partial charge in [-0.15, -0.1) is 0 Å². The van der Waals surface area contributed by atoms with Crippen LogP contribution in [0.1, 0.15) is 33.6 Å². The molecule has 2 rings (SSSR count). The summed E-state index contributed by atoms with van der Waals surface area (Å²) in [5.41, 5.74) is 0.796. The monoisotopic (exact) mass is 223 g/mol.